The van der Waals surface area contributed by atoms with Gasteiger partial charge in [0, 0.05) is 12.8 Å². The number of aliphatic hydroxyl groups is 2. The second kappa shape index (κ2) is 10.3. The largest absolute Gasteiger partial charge is 0.463 e. The molecule has 0 amide bonds. The SMILES string of the molecule is O=C(OCCc1ccccc1)[C@H](O)[C@@H](O)C(=O)OCCc1ccccc1. The van der Waals surface area contributed by atoms with Crippen LogP contribution in [0.25, 0.3) is 0 Å². The number of benzene rings is 2. The fraction of sp³-hybridized carbons (Fsp3) is 0.300. The molecule has 0 aliphatic heterocycles. The number of esters is 2. The van der Waals surface area contributed by atoms with Gasteiger partial charge in [-0.3, -0.25) is 0 Å². The van der Waals surface area contributed by atoms with Crippen LogP contribution in [0.15, 0.2) is 60.7 Å². The van der Waals surface area contributed by atoms with Gasteiger partial charge in [0.1, 0.15) is 0 Å². The summed E-state index contributed by atoms with van der Waals surface area (Å²) in [6.45, 7) is 0.0748. The van der Waals surface area contributed by atoms with Crippen molar-refractivity contribution >= 4 is 11.9 Å². The Bertz CT molecular complexity index is 624. The zero-order valence-corrected chi connectivity index (χ0v) is 14.3. The standard InChI is InChI=1S/C20H22O6/c21-17(19(23)25-13-11-15-7-3-1-4-8-15)18(22)20(24)26-14-12-16-9-5-2-6-10-16/h1-10,17-18,21-22H,11-14H2/t17-,18-/m1/s1. The molecule has 0 aliphatic rings. The Labute approximate surface area is 152 Å². The predicted octanol–water partition coefficient (Wildman–Crippen LogP) is 1.28. The van der Waals surface area contributed by atoms with Gasteiger partial charge < -0.3 is 19.7 Å². The molecule has 0 radical (unpaired) electrons. The molecule has 0 aromatic heterocycles. The highest BCUT2D eigenvalue weighted by molar-refractivity contribution is 5.85. The molecule has 2 N–H and O–H groups in total. The molecular weight excluding hydrogens is 336 g/mol. The van der Waals surface area contributed by atoms with Crippen LogP contribution in [-0.2, 0) is 31.9 Å². The molecule has 0 aliphatic carbocycles. The number of hydrogen-bond donors (Lipinski definition) is 2. The minimum Gasteiger partial charge on any atom is -0.463 e. The summed E-state index contributed by atoms with van der Waals surface area (Å²) in [5, 5.41) is 19.5. The first-order chi connectivity index (χ1) is 12.6. The molecular formula is C20H22O6. The highest BCUT2D eigenvalue weighted by atomic mass is 16.6. The van der Waals surface area contributed by atoms with E-state index >= 15 is 0 Å². The Morgan fingerprint density at radius 1 is 0.692 bits per heavy atom. The van der Waals surface area contributed by atoms with Crippen molar-refractivity contribution in [3.63, 3.8) is 0 Å². The molecule has 2 atom stereocenters. The van der Waals surface area contributed by atoms with E-state index in [2.05, 4.69) is 0 Å². The van der Waals surface area contributed by atoms with E-state index in [0.29, 0.717) is 12.8 Å². The lowest BCUT2D eigenvalue weighted by atomic mass is 10.1. The highest BCUT2D eigenvalue weighted by Gasteiger charge is 2.32. The van der Waals surface area contributed by atoms with Gasteiger partial charge in [0.15, 0.2) is 12.2 Å². The molecule has 0 saturated carbocycles. The lowest BCUT2D eigenvalue weighted by Gasteiger charge is -2.16. The van der Waals surface area contributed by atoms with Crippen LogP contribution >= 0.6 is 0 Å². The molecule has 2 rings (SSSR count). The molecule has 138 valence electrons. The number of carbonyl (C=O) groups excluding carboxylic acids is 2. The van der Waals surface area contributed by atoms with Crippen molar-refractivity contribution in [3.05, 3.63) is 71.8 Å². The summed E-state index contributed by atoms with van der Waals surface area (Å²) < 4.78 is 9.79. The van der Waals surface area contributed by atoms with Crippen molar-refractivity contribution < 1.29 is 29.3 Å². The summed E-state index contributed by atoms with van der Waals surface area (Å²) in [5.74, 6) is -2.12. The third-order valence-electron chi connectivity index (χ3n) is 3.74. The van der Waals surface area contributed by atoms with E-state index in [4.69, 9.17) is 9.47 Å². The van der Waals surface area contributed by atoms with Gasteiger partial charge in [-0.15, -0.1) is 0 Å². The zero-order valence-electron chi connectivity index (χ0n) is 14.3. The second-order valence-corrected chi connectivity index (χ2v) is 5.70. The molecule has 0 saturated heterocycles. The van der Waals surface area contributed by atoms with Gasteiger partial charge in [-0.2, -0.15) is 0 Å². The van der Waals surface area contributed by atoms with Crippen LogP contribution < -0.4 is 0 Å². The van der Waals surface area contributed by atoms with Gasteiger partial charge in [0.05, 0.1) is 13.2 Å². The van der Waals surface area contributed by atoms with E-state index < -0.39 is 24.1 Å². The number of aliphatic hydroxyl groups excluding tert-OH is 2. The van der Waals surface area contributed by atoms with E-state index in [0.717, 1.165) is 11.1 Å². The van der Waals surface area contributed by atoms with Crippen LogP contribution in [0.4, 0.5) is 0 Å². The van der Waals surface area contributed by atoms with Crippen molar-refractivity contribution in [2.45, 2.75) is 25.0 Å². The van der Waals surface area contributed by atoms with Crippen molar-refractivity contribution in [2.24, 2.45) is 0 Å². The Kier molecular flexibility index (Phi) is 7.79. The van der Waals surface area contributed by atoms with Crippen molar-refractivity contribution in [3.8, 4) is 0 Å². The summed E-state index contributed by atoms with van der Waals surface area (Å²) >= 11 is 0. The average Bonchev–Trinajstić information content (AvgIpc) is 2.68. The van der Waals surface area contributed by atoms with Gasteiger partial charge in [-0.05, 0) is 11.1 Å². The van der Waals surface area contributed by atoms with E-state index in [1.165, 1.54) is 0 Å². The van der Waals surface area contributed by atoms with E-state index in [9.17, 15) is 19.8 Å². The molecule has 2 aromatic carbocycles. The van der Waals surface area contributed by atoms with E-state index in [-0.39, 0.29) is 13.2 Å². The maximum absolute atomic E-state index is 11.7. The molecule has 0 unspecified atom stereocenters. The quantitative estimate of drug-likeness (QED) is 0.656. The lowest BCUT2D eigenvalue weighted by Crippen LogP contribution is -2.42. The van der Waals surface area contributed by atoms with E-state index in [1.54, 1.807) is 0 Å². The lowest BCUT2D eigenvalue weighted by molar-refractivity contribution is -0.173. The molecule has 6 nitrogen and oxygen atoms in total. The highest BCUT2D eigenvalue weighted by Crippen LogP contribution is 2.05. The van der Waals surface area contributed by atoms with Crippen LogP contribution in [-0.4, -0.2) is 47.6 Å². The van der Waals surface area contributed by atoms with Crippen LogP contribution in [0, 0.1) is 0 Å². The maximum atomic E-state index is 11.7. The van der Waals surface area contributed by atoms with Crippen molar-refractivity contribution in [2.75, 3.05) is 13.2 Å². The fourth-order valence-electron chi connectivity index (χ4n) is 2.26. The molecule has 0 heterocycles. The van der Waals surface area contributed by atoms with Gasteiger partial charge in [-0.25, -0.2) is 9.59 Å². The van der Waals surface area contributed by atoms with Crippen LogP contribution in [0.3, 0.4) is 0 Å². The number of ether oxygens (including phenoxy) is 2. The van der Waals surface area contributed by atoms with Crippen molar-refractivity contribution in [1.29, 1.82) is 0 Å². The minimum absolute atomic E-state index is 0.0374. The number of rotatable bonds is 9. The van der Waals surface area contributed by atoms with Crippen LogP contribution in [0.2, 0.25) is 0 Å². The maximum Gasteiger partial charge on any atom is 0.338 e. The normalized spacial score (nSPS) is 12.8. The number of hydrogen-bond acceptors (Lipinski definition) is 6. The first-order valence-electron chi connectivity index (χ1n) is 8.35. The number of carbonyl (C=O) groups is 2. The van der Waals surface area contributed by atoms with E-state index in [1.807, 2.05) is 60.7 Å². The molecule has 0 bridgehead atoms. The Morgan fingerprint density at radius 2 is 1.04 bits per heavy atom. The topological polar surface area (TPSA) is 93.1 Å². The summed E-state index contributed by atoms with van der Waals surface area (Å²) in [6.07, 6.45) is -3.02. The molecule has 0 spiro atoms. The van der Waals surface area contributed by atoms with Gasteiger partial charge in [0.2, 0.25) is 0 Å². The zero-order chi connectivity index (χ0) is 18.8. The first kappa shape index (κ1) is 19.6. The van der Waals surface area contributed by atoms with Crippen molar-refractivity contribution in [1.82, 2.24) is 0 Å². The van der Waals surface area contributed by atoms with Gasteiger partial charge in [0.25, 0.3) is 0 Å². The summed E-state index contributed by atoms with van der Waals surface area (Å²) in [6, 6.07) is 18.7. The van der Waals surface area contributed by atoms with Gasteiger partial charge >= 0.3 is 11.9 Å². The smallest absolute Gasteiger partial charge is 0.338 e. The summed E-state index contributed by atoms with van der Waals surface area (Å²) in [7, 11) is 0. The molecule has 0 fully saturated rings. The predicted molar refractivity (Wildman–Crippen MR) is 94.2 cm³/mol. The third-order valence-corrected chi connectivity index (χ3v) is 3.74. The first-order valence-corrected chi connectivity index (χ1v) is 8.35. The molecule has 6 heteroatoms. The van der Waals surface area contributed by atoms with Gasteiger partial charge in [-0.1, -0.05) is 60.7 Å². The summed E-state index contributed by atoms with van der Waals surface area (Å²) in [5.41, 5.74) is 1.94. The Morgan fingerprint density at radius 3 is 1.38 bits per heavy atom. The summed E-state index contributed by atoms with van der Waals surface area (Å²) in [4.78, 5) is 23.5. The third kappa shape index (κ3) is 6.31. The second-order valence-electron chi connectivity index (χ2n) is 5.70. The Balaban J connectivity index is 1.69. The minimum atomic E-state index is -1.98. The monoisotopic (exact) mass is 358 g/mol. The molecule has 2 aromatic rings. The fourth-order valence-corrected chi connectivity index (χ4v) is 2.26. The molecule has 26 heavy (non-hydrogen) atoms. The average molecular weight is 358 g/mol. The van der Waals surface area contributed by atoms with Crippen LogP contribution in [0.5, 0.6) is 0 Å². The Hall–Kier alpha value is -2.70. The van der Waals surface area contributed by atoms with Crippen LogP contribution in [0.1, 0.15) is 11.1 Å².